The van der Waals surface area contributed by atoms with Gasteiger partial charge >= 0.3 is 6.09 Å². The Bertz CT molecular complexity index is 942. The van der Waals surface area contributed by atoms with E-state index in [1.807, 2.05) is 20.8 Å². The van der Waals surface area contributed by atoms with Crippen LogP contribution in [0.3, 0.4) is 0 Å². The van der Waals surface area contributed by atoms with Crippen LogP contribution in [0.25, 0.3) is 0 Å². The van der Waals surface area contributed by atoms with Crippen LogP contribution >= 0.6 is 0 Å². The Hall–Kier alpha value is -3.14. The Balaban J connectivity index is 1.45. The maximum absolute atomic E-state index is 13.1. The maximum Gasteiger partial charge on any atom is 0.407 e. The Kier molecular flexibility index (Phi) is 8.14. The molecule has 1 aromatic carbocycles. The van der Waals surface area contributed by atoms with Crippen molar-refractivity contribution in [3.05, 3.63) is 29.3 Å². The monoisotopic (exact) mass is 474 g/mol. The highest BCUT2D eigenvalue weighted by Crippen LogP contribution is 2.38. The Morgan fingerprint density at radius 3 is 2.53 bits per heavy atom. The summed E-state index contributed by atoms with van der Waals surface area (Å²) in [6, 6.07) is 4.33. The molecule has 2 heterocycles. The van der Waals surface area contributed by atoms with Crippen molar-refractivity contribution < 1.29 is 29.0 Å². The number of hydrogen-bond donors (Lipinski definition) is 4. The average molecular weight is 475 g/mol. The van der Waals surface area contributed by atoms with E-state index in [1.54, 1.807) is 18.2 Å². The highest BCUT2D eigenvalue weighted by molar-refractivity contribution is 6.08. The molecule has 1 saturated heterocycles. The van der Waals surface area contributed by atoms with Crippen LogP contribution in [0.2, 0.25) is 0 Å². The van der Waals surface area contributed by atoms with Gasteiger partial charge in [-0.15, -0.1) is 0 Å². The number of nitrogens with one attached hydrogen (secondary N) is 3. The number of hydrogen-bond acceptors (Lipinski definition) is 7. The van der Waals surface area contributed by atoms with Gasteiger partial charge in [-0.25, -0.2) is 4.79 Å². The molecule has 10 nitrogen and oxygen atoms in total. The zero-order valence-corrected chi connectivity index (χ0v) is 20.0. The normalized spacial score (nSPS) is 20.1. The molecule has 1 aromatic rings. The number of aliphatic hydroxyl groups excluding tert-OH is 1. The minimum Gasteiger partial charge on any atom is -0.444 e. The third-order valence-corrected chi connectivity index (χ3v) is 5.72. The van der Waals surface area contributed by atoms with Crippen molar-refractivity contribution in [1.29, 1.82) is 0 Å². The van der Waals surface area contributed by atoms with E-state index in [9.17, 15) is 24.3 Å². The summed E-state index contributed by atoms with van der Waals surface area (Å²) in [6.45, 7) is 6.65. The zero-order valence-electron chi connectivity index (χ0n) is 20.0. The van der Waals surface area contributed by atoms with Gasteiger partial charge in [-0.05, 0) is 46.1 Å². The zero-order chi connectivity index (χ0) is 24.9. The van der Waals surface area contributed by atoms with E-state index in [4.69, 9.17) is 4.74 Å². The number of alkyl carbamates (subject to hydrolysis) is 1. The predicted octanol–water partition coefficient (Wildman–Crippen LogP) is 2.44. The number of nitrogens with zero attached hydrogens (tertiary/aromatic N) is 1. The lowest BCUT2D eigenvalue weighted by Gasteiger charge is -2.31. The number of imide groups is 1. The molecular weight excluding hydrogens is 440 g/mol. The number of fused-ring (bicyclic) bond motifs is 1. The van der Waals surface area contributed by atoms with E-state index in [0.717, 1.165) is 30.6 Å². The van der Waals surface area contributed by atoms with Gasteiger partial charge in [-0.2, -0.15) is 0 Å². The molecule has 4 N–H and O–H groups in total. The lowest BCUT2D eigenvalue weighted by molar-refractivity contribution is -0.139. The lowest BCUT2D eigenvalue weighted by atomic mass is 10.0. The van der Waals surface area contributed by atoms with Gasteiger partial charge in [-0.1, -0.05) is 25.0 Å². The lowest BCUT2D eigenvalue weighted by Crippen LogP contribution is -2.53. The highest BCUT2D eigenvalue weighted by Gasteiger charge is 2.45. The van der Waals surface area contributed by atoms with Crippen LogP contribution in [0, 0.1) is 0 Å². The summed E-state index contributed by atoms with van der Waals surface area (Å²) < 4.78 is 5.20. The van der Waals surface area contributed by atoms with Crippen molar-refractivity contribution >= 4 is 29.5 Å². The van der Waals surface area contributed by atoms with E-state index in [2.05, 4.69) is 16.0 Å². The second-order valence-corrected chi connectivity index (χ2v) is 9.59. The summed E-state index contributed by atoms with van der Waals surface area (Å²) in [5, 5.41) is 19.0. The quantitative estimate of drug-likeness (QED) is 0.319. The van der Waals surface area contributed by atoms with Gasteiger partial charge in [0, 0.05) is 30.8 Å². The molecule has 34 heavy (non-hydrogen) atoms. The molecule has 0 aromatic heterocycles. The standard InChI is InChI=1S/C24H34N4O6/c1-24(2,3)34-23(33)26-14-7-5-4-6-13-25-16-10-8-9-15-19(16)22(32)28(21(15)31)17-11-12-18(29)27-20(17)30/h8-10,17,21,25,31H,4-7,11-14H2,1-3H3,(H,26,33)(H,27,29,30). The van der Waals surface area contributed by atoms with Crippen molar-refractivity contribution in [2.45, 2.75) is 77.2 Å². The molecule has 2 unspecified atom stereocenters. The SMILES string of the molecule is CC(C)(C)OC(=O)NCCCCCCNc1cccc2c1C(=O)N(C1CCC(=O)NC1=O)C2O. The molecule has 4 amide bonds. The molecule has 0 bridgehead atoms. The summed E-state index contributed by atoms with van der Waals surface area (Å²) in [5.74, 6) is -1.36. The molecule has 3 rings (SSSR count). The van der Waals surface area contributed by atoms with Gasteiger partial charge < -0.3 is 20.5 Å². The number of piperidine rings is 1. The smallest absolute Gasteiger partial charge is 0.407 e. The molecule has 0 aliphatic carbocycles. The van der Waals surface area contributed by atoms with Crippen molar-refractivity contribution in [3.8, 4) is 0 Å². The Morgan fingerprint density at radius 1 is 1.15 bits per heavy atom. The second kappa shape index (κ2) is 10.9. The van der Waals surface area contributed by atoms with Crippen molar-refractivity contribution in [3.63, 3.8) is 0 Å². The summed E-state index contributed by atoms with van der Waals surface area (Å²) in [7, 11) is 0. The topological polar surface area (TPSA) is 137 Å². The van der Waals surface area contributed by atoms with Gasteiger partial charge in [0.1, 0.15) is 11.6 Å². The first-order valence-electron chi connectivity index (χ1n) is 11.8. The number of aliphatic hydroxyl groups is 1. The van der Waals surface area contributed by atoms with E-state index in [-0.39, 0.29) is 18.7 Å². The molecule has 0 saturated carbocycles. The highest BCUT2D eigenvalue weighted by atomic mass is 16.6. The summed E-state index contributed by atoms with van der Waals surface area (Å²) in [4.78, 5) is 49.6. The van der Waals surface area contributed by atoms with Gasteiger partial charge in [0.2, 0.25) is 11.8 Å². The van der Waals surface area contributed by atoms with E-state index in [1.165, 1.54) is 0 Å². The average Bonchev–Trinajstić information content (AvgIpc) is 3.00. The van der Waals surface area contributed by atoms with Crippen LogP contribution < -0.4 is 16.0 Å². The number of rotatable bonds is 9. The number of carbonyl (C=O) groups excluding carboxylic acids is 4. The molecule has 10 heteroatoms. The summed E-state index contributed by atoms with van der Waals surface area (Å²) in [6.07, 6.45) is 2.25. The largest absolute Gasteiger partial charge is 0.444 e. The fourth-order valence-electron chi connectivity index (χ4n) is 4.15. The molecule has 2 aliphatic heterocycles. The number of amides is 4. The van der Waals surface area contributed by atoms with Crippen LogP contribution in [0.1, 0.15) is 81.4 Å². The summed E-state index contributed by atoms with van der Waals surface area (Å²) >= 11 is 0. The molecule has 2 atom stereocenters. The van der Waals surface area contributed by atoms with Crippen LogP contribution in [0.5, 0.6) is 0 Å². The Morgan fingerprint density at radius 2 is 1.85 bits per heavy atom. The molecule has 2 aliphatic rings. The fourth-order valence-corrected chi connectivity index (χ4v) is 4.15. The van der Waals surface area contributed by atoms with Crippen molar-refractivity contribution in [2.75, 3.05) is 18.4 Å². The molecular formula is C24H34N4O6. The van der Waals surface area contributed by atoms with E-state index in [0.29, 0.717) is 29.9 Å². The first kappa shape index (κ1) is 25.5. The van der Waals surface area contributed by atoms with Crippen molar-refractivity contribution in [1.82, 2.24) is 15.5 Å². The van der Waals surface area contributed by atoms with Crippen molar-refractivity contribution in [2.24, 2.45) is 0 Å². The first-order chi connectivity index (χ1) is 16.1. The first-order valence-corrected chi connectivity index (χ1v) is 11.8. The fraction of sp³-hybridized carbons (Fsp3) is 0.583. The van der Waals surface area contributed by atoms with Gasteiger partial charge in [-0.3, -0.25) is 24.6 Å². The Labute approximate surface area is 199 Å². The van der Waals surface area contributed by atoms with Gasteiger partial charge in [0.15, 0.2) is 6.23 Å². The van der Waals surface area contributed by atoms with E-state index >= 15 is 0 Å². The van der Waals surface area contributed by atoms with Gasteiger partial charge in [0.25, 0.3) is 5.91 Å². The number of anilines is 1. The molecule has 186 valence electrons. The van der Waals surface area contributed by atoms with Crippen LogP contribution in [-0.4, -0.2) is 58.6 Å². The maximum atomic E-state index is 13.1. The third-order valence-electron chi connectivity index (χ3n) is 5.72. The number of ether oxygens (including phenoxy) is 1. The number of unbranched alkanes of at least 4 members (excludes halogenated alkanes) is 3. The number of carbonyl (C=O) groups is 4. The molecule has 1 fully saturated rings. The van der Waals surface area contributed by atoms with E-state index < -0.39 is 35.8 Å². The minimum atomic E-state index is -1.23. The van der Waals surface area contributed by atoms with Crippen LogP contribution in [0.15, 0.2) is 18.2 Å². The van der Waals surface area contributed by atoms with Crippen LogP contribution in [0.4, 0.5) is 10.5 Å². The third kappa shape index (κ3) is 6.25. The van der Waals surface area contributed by atoms with Crippen LogP contribution in [-0.2, 0) is 14.3 Å². The molecule has 0 radical (unpaired) electrons. The molecule has 0 spiro atoms. The summed E-state index contributed by atoms with van der Waals surface area (Å²) in [5.41, 5.74) is 0.918. The second-order valence-electron chi connectivity index (χ2n) is 9.59. The predicted molar refractivity (Wildman–Crippen MR) is 125 cm³/mol. The minimum absolute atomic E-state index is 0.127. The number of benzene rings is 1. The van der Waals surface area contributed by atoms with Gasteiger partial charge in [0.05, 0.1) is 5.56 Å².